The Morgan fingerprint density at radius 3 is 2.96 bits per heavy atom. The normalized spacial score (nSPS) is 18.9. The van der Waals surface area contributed by atoms with E-state index in [2.05, 4.69) is 31.0 Å². The Morgan fingerprint density at radius 2 is 2.23 bits per heavy atom. The van der Waals surface area contributed by atoms with Gasteiger partial charge >= 0.3 is 5.97 Å². The second kappa shape index (κ2) is 6.42. The maximum atomic E-state index is 13.6. The summed E-state index contributed by atoms with van der Waals surface area (Å²) in [6, 6.07) is 6.27. The Bertz CT molecular complexity index is 1020. The van der Waals surface area contributed by atoms with E-state index in [1.54, 1.807) is 23.6 Å². The number of rotatable bonds is 4. The molecule has 0 aliphatic heterocycles. The number of hydrogen-bond donors (Lipinski definition) is 0. The maximum Gasteiger partial charge on any atom is 0.309 e. The molecule has 2 atom stereocenters. The van der Waals surface area contributed by atoms with Crippen LogP contribution in [0.2, 0.25) is 0 Å². The number of hydrogen-bond acceptors (Lipinski definition) is 5. The molecule has 0 unspecified atom stereocenters. The van der Waals surface area contributed by atoms with Crippen molar-refractivity contribution in [1.82, 2.24) is 19.6 Å². The van der Waals surface area contributed by atoms with Crippen LogP contribution in [0.1, 0.15) is 30.8 Å². The molecule has 6 nitrogen and oxygen atoms in total. The topological polar surface area (TPSA) is 69.4 Å². The molecule has 8 heteroatoms. The van der Waals surface area contributed by atoms with Crippen LogP contribution in [0, 0.1) is 18.7 Å². The standard InChI is InChI=1S/C18H16BrFN4O2/c1-3-26-18(25)13-8-12(13)16-22-17-15(19)21-14(9(2)24(17)23-16)10-5-4-6-11(20)7-10/h4-7,12-13H,3,8H2,1-2H3/t12-,13-/m0/s1. The molecule has 0 N–H and O–H groups in total. The van der Waals surface area contributed by atoms with Crippen molar-refractivity contribution >= 4 is 27.5 Å². The van der Waals surface area contributed by atoms with Crippen molar-refractivity contribution < 1.29 is 13.9 Å². The smallest absolute Gasteiger partial charge is 0.309 e. The number of carbonyl (C=O) groups excluding carboxylic acids is 1. The highest BCUT2D eigenvalue weighted by atomic mass is 79.9. The Kier molecular flexibility index (Phi) is 4.22. The van der Waals surface area contributed by atoms with E-state index in [-0.39, 0.29) is 23.6 Å². The van der Waals surface area contributed by atoms with Gasteiger partial charge in [0.15, 0.2) is 16.1 Å². The van der Waals surface area contributed by atoms with Gasteiger partial charge in [-0.2, -0.15) is 5.10 Å². The van der Waals surface area contributed by atoms with Crippen LogP contribution in [-0.2, 0) is 9.53 Å². The molecule has 134 valence electrons. The lowest BCUT2D eigenvalue weighted by Crippen LogP contribution is -2.07. The zero-order chi connectivity index (χ0) is 18.4. The van der Waals surface area contributed by atoms with Crippen molar-refractivity contribution in [1.29, 1.82) is 0 Å². The Hall–Kier alpha value is -2.35. The van der Waals surface area contributed by atoms with E-state index < -0.39 is 0 Å². The minimum absolute atomic E-state index is 0.0298. The molecule has 26 heavy (non-hydrogen) atoms. The van der Waals surface area contributed by atoms with E-state index in [1.807, 2.05) is 6.92 Å². The summed E-state index contributed by atoms with van der Waals surface area (Å²) in [4.78, 5) is 20.9. The first-order valence-corrected chi connectivity index (χ1v) is 9.14. The van der Waals surface area contributed by atoms with Crippen LogP contribution in [-0.4, -0.2) is 32.2 Å². The van der Waals surface area contributed by atoms with Crippen molar-refractivity contribution in [3.05, 3.63) is 46.2 Å². The monoisotopic (exact) mass is 418 g/mol. The van der Waals surface area contributed by atoms with Gasteiger partial charge in [-0.1, -0.05) is 12.1 Å². The largest absolute Gasteiger partial charge is 0.466 e. The third kappa shape index (κ3) is 2.88. The summed E-state index contributed by atoms with van der Waals surface area (Å²) in [6.45, 7) is 4.02. The van der Waals surface area contributed by atoms with Gasteiger partial charge in [0, 0.05) is 11.5 Å². The molecule has 4 rings (SSSR count). The van der Waals surface area contributed by atoms with Crippen molar-refractivity contribution in [2.24, 2.45) is 5.92 Å². The van der Waals surface area contributed by atoms with E-state index >= 15 is 0 Å². The summed E-state index contributed by atoms with van der Waals surface area (Å²) in [5.41, 5.74) is 2.61. The molecular weight excluding hydrogens is 403 g/mol. The molecule has 2 heterocycles. The number of aryl methyl sites for hydroxylation is 1. The van der Waals surface area contributed by atoms with E-state index in [0.29, 0.717) is 40.4 Å². The van der Waals surface area contributed by atoms with Gasteiger partial charge in [0.25, 0.3) is 0 Å². The van der Waals surface area contributed by atoms with Crippen molar-refractivity contribution in [2.45, 2.75) is 26.2 Å². The van der Waals surface area contributed by atoms with E-state index in [1.165, 1.54) is 12.1 Å². The second-order valence-electron chi connectivity index (χ2n) is 6.25. The summed E-state index contributed by atoms with van der Waals surface area (Å²) >= 11 is 3.43. The molecule has 0 bridgehead atoms. The van der Waals surface area contributed by atoms with Gasteiger partial charge in [0.05, 0.1) is 23.9 Å². The highest BCUT2D eigenvalue weighted by molar-refractivity contribution is 9.10. The molecule has 0 radical (unpaired) electrons. The van der Waals surface area contributed by atoms with Gasteiger partial charge < -0.3 is 4.74 Å². The van der Waals surface area contributed by atoms with Crippen LogP contribution in [0.3, 0.4) is 0 Å². The second-order valence-corrected chi connectivity index (χ2v) is 7.00. The molecule has 0 amide bonds. The first-order valence-electron chi connectivity index (χ1n) is 8.35. The fourth-order valence-corrected chi connectivity index (χ4v) is 3.52. The fraction of sp³-hybridized carbons (Fsp3) is 0.333. The van der Waals surface area contributed by atoms with E-state index in [9.17, 15) is 9.18 Å². The molecule has 1 aromatic carbocycles. The lowest BCUT2D eigenvalue weighted by molar-refractivity contribution is -0.144. The zero-order valence-corrected chi connectivity index (χ0v) is 15.8. The van der Waals surface area contributed by atoms with Crippen LogP contribution in [0.15, 0.2) is 28.9 Å². The number of ether oxygens (including phenoxy) is 1. The molecule has 1 aliphatic carbocycles. The summed E-state index contributed by atoms with van der Waals surface area (Å²) in [5.74, 6) is -0.134. The predicted molar refractivity (Wildman–Crippen MR) is 96.1 cm³/mol. The van der Waals surface area contributed by atoms with Crippen LogP contribution < -0.4 is 0 Å². The summed E-state index contributed by atoms with van der Waals surface area (Å²) in [7, 11) is 0. The van der Waals surface area contributed by atoms with Crippen LogP contribution in [0.4, 0.5) is 4.39 Å². The third-order valence-electron chi connectivity index (χ3n) is 4.49. The fourth-order valence-electron chi connectivity index (χ4n) is 3.08. The van der Waals surface area contributed by atoms with Crippen LogP contribution >= 0.6 is 15.9 Å². The van der Waals surface area contributed by atoms with Gasteiger partial charge in [0.1, 0.15) is 5.82 Å². The summed E-state index contributed by atoms with van der Waals surface area (Å²) in [6.07, 6.45) is 0.691. The Labute approximate surface area is 157 Å². The lowest BCUT2D eigenvalue weighted by Gasteiger charge is -2.08. The van der Waals surface area contributed by atoms with E-state index in [4.69, 9.17) is 4.74 Å². The third-order valence-corrected chi connectivity index (χ3v) is 5.02. The van der Waals surface area contributed by atoms with Crippen molar-refractivity contribution in [3.8, 4) is 11.3 Å². The zero-order valence-electron chi connectivity index (χ0n) is 14.2. The minimum Gasteiger partial charge on any atom is -0.466 e. The summed E-state index contributed by atoms with van der Waals surface area (Å²) in [5, 5.41) is 4.57. The minimum atomic E-state index is -0.325. The van der Waals surface area contributed by atoms with Crippen LogP contribution in [0.25, 0.3) is 16.9 Å². The highest BCUT2D eigenvalue weighted by Crippen LogP contribution is 2.47. The highest BCUT2D eigenvalue weighted by Gasteiger charge is 2.48. The molecule has 0 spiro atoms. The van der Waals surface area contributed by atoms with Gasteiger partial charge in [-0.25, -0.2) is 18.9 Å². The molecule has 3 aromatic rings. The molecular formula is C18H16BrFN4O2. The number of halogens is 2. The first kappa shape index (κ1) is 17.1. The number of aromatic nitrogens is 4. The van der Waals surface area contributed by atoms with Gasteiger partial charge in [-0.05, 0) is 48.3 Å². The predicted octanol–water partition coefficient (Wildman–Crippen LogP) is 3.67. The van der Waals surface area contributed by atoms with E-state index in [0.717, 1.165) is 5.69 Å². The average Bonchev–Trinajstić information content (AvgIpc) is 3.29. The molecule has 1 fully saturated rings. The van der Waals surface area contributed by atoms with Crippen molar-refractivity contribution in [3.63, 3.8) is 0 Å². The van der Waals surface area contributed by atoms with Gasteiger partial charge in [0.2, 0.25) is 0 Å². The quantitative estimate of drug-likeness (QED) is 0.604. The number of nitrogens with zero attached hydrogens (tertiary/aromatic N) is 4. The Morgan fingerprint density at radius 1 is 1.42 bits per heavy atom. The molecule has 0 saturated heterocycles. The average molecular weight is 419 g/mol. The number of fused-ring (bicyclic) bond motifs is 1. The Balaban J connectivity index is 1.74. The summed E-state index contributed by atoms with van der Waals surface area (Å²) < 4.78 is 20.9. The number of carbonyl (C=O) groups is 1. The SMILES string of the molecule is CCOC(=O)[C@H]1C[C@@H]1c1nc2c(Br)nc(-c3cccc(F)c3)c(C)n2n1. The molecule has 1 aliphatic rings. The van der Waals surface area contributed by atoms with Crippen molar-refractivity contribution in [2.75, 3.05) is 6.61 Å². The number of esters is 1. The molecule has 1 saturated carbocycles. The van der Waals surface area contributed by atoms with Gasteiger partial charge in [-0.15, -0.1) is 0 Å². The number of benzene rings is 1. The maximum absolute atomic E-state index is 13.6. The first-order chi connectivity index (χ1) is 12.5. The molecule has 2 aromatic heterocycles. The van der Waals surface area contributed by atoms with Crippen LogP contribution in [0.5, 0.6) is 0 Å². The van der Waals surface area contributed by atoms with Gasteiger partial charge in [-0.3, -0.25) is 4.79 Å². The lowest BCUT2D eigenvalue weighted by atomic mass is 10.1.